The number of hydrogen-bond acceptors (Lipinski definition) is 7. The van der Waals surface area contributed by atoms with Gasteiger partial charge in [-0.3, -0.25) is 9.63 Å². The van der Waals surface area contributed by atoms with Crippen molar-refractivity contribution < 1.29 is 26.5 Å². The smallest absolute Gasteiger partial charge is 0.264 e. The Morgan fingerprint density at radius 2 is 1.57 bits per heavy atom. The Hall–Kier alpha value is -1.77. The highest BCUT2D eigenvalue weighted by Gasteiger charge is 2.32. The lowest BCUT2D eigenvalue weighted by atomic mass is 9.90. The molecule has 14 heteroatoms. The Morgan fingerprint density at radius 1 is 0.932 bits per heavy atom. The summed E-state index contributed by atoms with van der Waals surface area (Å²) in [6, 6.07) is 12.2. The first-order valence-corrected chi connectivity index (χ1v) is 18.9. The number of benzene rings is 2. The number of amides is 1. The Morgan fingerprint density at radius 3 is 2.14 bits per heavy atom. The van der Waals surface area contributed by atoms with Crippen molar-refractivity contribution in [3.63, 3.8) is 0 Å². The first-order valence-electron chi connectivity index (χ1n) is 14.9. The quantitative estimate of drug-likeness (QED) is 0.302. The van der Waals surface area contributed by atoms with Crippen LogP contribution >= 0.6 is 23.2 Å². The van der Waals surface area contributed by atoms with Crippen LogP contribution in [0.25, 0.3) is 0 Å². The molecule has 0 N–H and O–H groups in total. The molecule has 2 aliphatic heterocycles. The van der Waals surface area contributed by atoms with Crippen LogP contribution in [0, 0.1) is 11.8 Å². The van der Waals surface area contributed by atoms with E-state index in [4.69, 9.17) is 28.0 Å². The van der Waals surface area contributed by atoms with E-state index in [-0.39, 0.29) is 16.7 Å². The molecular weight excluding hydrogens is 647 g/mol. The fourth-order valence-electron chi connectivity index (χ4n) is 5.92. The van der Waals surface area contributed by atoms with Crippen LogP contribution in [0.15, 0.2) is 47.4 Å². The second kappa shape index (κ2) is 15.2. The fourth-order valence-corrected chi connectivity index (χ4v) is 8.06. The van der Waals surface area contributed by atoms with E-state index in [1.54, 1.807) is 35.2 Å². The summed E-state index contributed by atoms with van der Waals surface area (Å²) >= 11 is 12.5. The highest BCUT2D eigenvalue weighted by Crippen LogP contribution is 2.30. The third kappa shape index (κ3) is 8.94. The van der Waals surface area contributed by atoms with Crippen LogP contribution in [0.1, 0.15) is 37.7 Å². The molecule has 2 aromatic carbocycles. The lowest BCUT2D eigenvalue weighted by molar-refractivity contribution is -0.123. The number of anilines is 1. The van der Waals surface area contributed by atoms with Crippen molar-refractivity contribution in [3.8, 4) is 0 Å². The number of nitrogens with zero attached hydrogens (tertiary/aromatic N) is 4. The summed E-state index contributed by atoms with van der Waals surface area (Å²) in [5.41, 5.74) is 1.81. The maximum absolute atomic E-state index is 13.7. The Kier molecular flexibility index (Phi) is 12.1. The van der Waals surface area contributed by atoms with Gasteiger partial charge in [-0.05, 0) is 100.0 Å². The lowest BCUT2D eigenvalue weighted by Gasteiger charge is -2.35. The number of carbonyl (C=O) groups is 1. The third-order valence-corrected chi connectivity index (χ3v) is 12.4. The number of carbonyl (C=O) groups excluding carboxylic acids is 1. The molecule has 44 heavy (non-hydrogen) atoms. The molecule has 0 unspecified atom stereocenters. The van der Waals surface area contributed by atoms with Crippen LogP contribution < -0.4 is 4.90 Å². The molecule has 244 valence electrons. The molecule has 10 nitrogen and oxygen atoms in total. The minimum atomic E-state index is -3.66. The average Bonchev–Trinajstić information content (AvgIpc) is 3.00. The Labute approximate surface area is 271 Å². The van der Waals surface area contributed by atoms with E-state index < -0.39 is 20.0 Å². The van der Waals surface area contributed by atoms with Crippen molar-refractivity contribution in [1.82, 2.24) is 13.7 Å². The van der Waals surface area contributed by atoms with Crippen LogP contribution in [-0.2, 0) is 36.1 Å². The van der Waals surface area contributed by atoms with Crippen LogP contribution in [0.2, 0.25) is 10.0 Å². The summed E-state index contributed by atoms with van der Waals surface area (Å²) in [6.07, 6.45) is 5.94. The maximum atomic E-state index is 13.7. The first-order chi connectivity index (χ1) is 20.8. The number of hydroxylamine groups is 1. The van der Waals surface area contributed by atoms with Gasteiger partial charge in [-0.25, -0.2) is 21.1 Å². The van der Waals surface area contributed by atoms with Gasteiger partial charge in [0, 0.05) is 38.3 Å². The molecular formula is C30H42Cl2N4O6S2. The zero-order valence-corrected chi connectivity index (χ0v) is 28.6. The van der Waals surface area contributed by atoms with Gasteiger partial charge in [0.05, 0.1) is 28.3 Å². The number of hydrogen-bond donors (Lipinski definition) is 0. The summed E-state index contributed by atoms with van der Waals surface area (Å²) in [5, 5.41) is 0.807. The van der Waals surface area contributed by atoms with Gasteiger partial charge in [-0.15, -0.1) is 0 Å². The standard InChI is InChI=1S/C30H42Cl2N4O6S2/c1-33(42-2)44(40,41)27-8-5-23(6-9-27)21-24-11-17-34(18-12-24)15-4-16-36(26-7-10-28(31)29(32)22-26)30(37)25-13-19-35(20-14-25)43(3,38)39/h5-10,22,24-25H,4,11-21H2,1-3H3. The van der Waals surface area contributed by atoms with Gasteiger partial charge in [-0.2, -0.15) is 0 Å². The second-order valence-electron chi connectivity index (χ2n) is 11.6. The summed E-state index contributed by atoms with van der Waals surface area (Å²) in [5.74, 6) is 0.249. The average molecular weight is 690 g/mol. The summed E-state index contributed by atoms with van der Waals surface area (Å²) < 4.78 is 51.0. The molecule has 0 aliphatic carbocycles. The van der Waals surface area contributed by atoms with Crippen molar-refractivity contribution in [1.29, 1.82) is 0 Å². The highest BCUT2D eigenvalue weighted by atomic mass is 35.5. The Balaban J connectivity index is 1.29. The van der Waals surface area contributed by atoms with Crippen molar-refractivity contribution in [3.05, 3.63) is 58.1 Å². The fraction of sp³-hybridized carbons (Fsp3) is 0.567. The monoisotopic (exact) mass is 688 g/mol. The lowest BCUT2D eigenvalue weighted by Crippen LogP contribution is -2.45. The van der Waals surface area contributed by atoms with Crippen LogP contribution in [0.3, 0.4) is 0 Å². The summed E-state index contributed by atoms with van der Waals surface area (Å²) in [6.45, 7) is 3.98. The molecule has 4 rings (SSSR count). The van der Waals surface area contributed by atoms with Crippen LogP contribution in [0.5, 0.6) is 0 Å². The molecule has 1 amide bonds. The number of sulfonamides is 2. The largest absolute Gasteiger partial charge is 0.312 e. The molecule has 2 aliphatic rings. The predicted molar refractivity (Wildman–Crippen MR) is 174 cm³/mol. The summed E-state index contributed by atoms with van der Waals surface area (Å²) in [4.78, 5) is 23.0. The third-order valence-electron chi connectivity index (χ3n) is 8.66. The van der Waals surface area contributed by atoms with E-state index in [1.807, 2.05) is 12.1 Å². The normalized spacial score (nSPS) is 18.1. The second-order valence-corrected chi connectivity index (χ2v) is 16.3. The van der Waals surface area contributed by atoms with Gasteiger partial charge < -0.3 is 9.80 Å². The van der Waals surface area contributed by atoms with E-state index in [2.05, 4.69) is 4.90 Å². The predicted octanol–water partition coefficient (Wildman–Crippen LogP) is 4.52. The molecule has 2 aromatic rings. The highest BCUT2D eigenvalue weighted by molar-refractivity contribution is 7.89. The zero-order valence-electron chi connectivity index (χ0n) is 25.5. The van der Waals surface area contributed by atoms with Crippen LogP contribution in [0.4, 0.5) is 5.69 Å². The van der Waals surface area contributed by atoms with E-state index in [9.17, 15) is 21.6 Å². The van der Waals surface area contributed by atoms with Gasteiger partial charge in [0.15, 0.2) is 0 Å². The van der Waals surface area contributed by atoms with Gasteiger partial charge in [-0.1, -0.05) is 39.8 Å². The minimum absolute atomic E-state index is 0.0112. The molecule has 0 radical (unpaired) electrons. The van der Waals surface area contributed by atoms with E-state index in [0.717, 1.165) is 55.3 Å². The number of likely N-dealkylation sites (tertiary alicyclic amines) is 1. The molecule has 0 atom stereocenters. The molecule has 0 saturated carbocycles. The molecule has 2 saturated heterocycles. The van der Waals surface area contributed by atoms with Crippen molar-refractivity contribution in [2.45, 2.75) is 43.4 Å². The number of rotatable bonds is 12. The van der Waals surface area contributed by atoms with Gasteiger partial charge in [0.1, 0.15) is 0 Å². The van der Waals surface area contributed by atoms with Gasteiger partial charge in [0.25, 0.3) is 10.0 Å². The SMILES string of the molecule is CON(C)S(=O)(=O)c1ccc(CC2CCN(CCCN(C(=O)C3CCN(S(C)(=O)=O)CC3)c3ccc(Cl)c(Cl)c3)CC2)cc1. The number of piperidine rings is 2. The van der Waals surface area contributed by atoms with Crippen molar-refractivity contribution in [2.75, 3.05) is 64.6 Å². The molecule has 0 aromatic heterocycles. The molecule has 0 spiro atoms. The van der Waals surface area contributed by atoms with Gasteiger partial charge in [0.2, 0.25) is 15.9 Å². The summed E-state index contributed by atoms with van der Waals surface area (Å²) in [7, 11) is -4.25. The Bertz CT molecular complexity index is 1490. The van der Waals surface area contributed by atoms with E-state index in [0.29, 0.717) is 54.1 Å². The van der Waals surface area contributed by atoms with Crippen molar-refractivity contribution >= 4 is 54.8 Å². The molecule has 0 bridgehead atoms. The van der Waals surface area contributed by atoms with Crippen molar-refractivity contribution in [2.24, 2.45) is 11.8 Å². The molecule has 2 heterocycles. The van der Waals surface area contributed by atoms with Gasteiger partial charge >= 0.3 is 0 Å². The topological polar surface area (TPSA) is 108 Å². The molecule has 2 fully saturated rings. The minimum Gasteiger partial charge on any atom is -0.312 e. The first kappa shape index (κ1) is 35.1. The number of halogens is 2. The van der Waals surface area contributed by atoms with Crippen LogP contribution in [-0.4, -0.2) is 96.1 Å². The van der Waals surface area contributed by atoms with E-state index >= 15 is 0 Å². The maximum Gasteiger partial charge on any atom is 0.264 e. The van der Waals surface area contributed by atoms with E-state index in [1.165, 1.54) is 24.7 Å². The zero-order chi connectivity index (χ0) is 32.1.